The molecule has 3 amide bonds. The number of aliphatic hydroxyl groups excluding tert-OH is 1. The zero-order valence-corrected chi connectivity index (χ0v) is 30.1. The van der Waals surface area contributed by atoms with Gasteiger partial charge in [0.2, 0.25) is 10.0 Å². The summed E-state index contributed by atoms with van der Waals surface area (Å²) in [6, 6.07) is 11.4. The second-order valence-corrected chi connectivity index (χ2v) is 14.9. The van der Waals surface area contributed by atoms with Crippen LogP contribution < -0.4 is 15.4 Å². The molecule has 0 unspecified atom stereocenters. The Kier molecular flexibility index (Phi) is 13.6. The number of hydrogen-bond donors (Lipinski definition) is 3. The summed E-state index contributed by atoms with van der Waals surface area (Å²) in [5.74, 6) is -1.32. The lowest BCUT2D eigenvalue weighted by Gasteiger charge is -2.35. The molecule has 1 heterocycles. The number of amides is 3. The topological polar surface area (TPSA) is 138 Å². The molecule has 52 heavy (non-hydrogen) atoms. The highest BCUT2D eigenvalue weighted by atomic mass is 32.2. The molecule has 3 N–H and O–H groups in total. The van der Waals surface area contributed by atoms with Crippen molar-refractivity contribution in [1.29, 1.82) is 0 Å². The third kappa shape index (κ3) is 10.6. The van der Waals surface area contributed by atoms with E-state index >= 15 is 0 Å². The van der Waals surface area contributed by atoms with E-state index in [1.54, 1.807) is 6.92 Å². The molecule has 284 valence electrons. The SMILES string of the molecule is C[C@@H]1CCCCO[C@@H](CN(C)S(=O)(=O)c2ccc(F)cc2)[C@H](C)CN([C@@H](C)CO)C(=O)c2cc(NC(=O)Nc3ccc(C(F)(F)F)cc3)ccc2O1. The molecular formula is C36H44F4N4O7S. The van der Waals surface area contributed by atoms with Crippen LogP contribution in [0.15, 0.2) is 71.6 Å². The molecule has 1 aliphatic rings. The van der Waals surface area contributed by atoms with Crippen molar-refractivity contribution in [3.63, 3.8) is 0 Å². The summed E-state index contributed by atoms with van der Waals surface area (Å²) in [5.41, 5.74) is -0.486. The maximum absolute atomic E-state index is 14.3. The summed E-state index contributed by atoms with van der Waals surface area (Å²) in [4.78, 5) is 28.5. The average molecular weight is 753 g/mol. The number of anilines is 2. The average Bonchev–Trinajstić information content (AvgIpc) is 3.09. The van der Waals surface area contributed by atoms with E-state index in [2.05, 4.69) is 10.6 Å². The van der Waals surface area contributed by atoms with Crippen LogP contribution in [0.25, 0.3) is 0 Å². The number of hydrogen-bond acceptors (Lipinski definition) is 7. The van der Waals surface area contributed by atoms with Crippen LogP contribution in [0.1, 0.15) is 56.0 Å². The number of alkyl halides is 3. The molecule has 3 aromatic carbocycles. The van der Waals surface area contributed by atoms with Gasteiger partial charge < -0.3 is 30.1 Å². The predicted molar refractivity (Wildman–Crippen MR) is 187 cm³/mol. The van der Waals surface area contributed by atoms with Gasteiger partial charge in [0.15, 0.2) is 0 Å². The number of nitrogens with zero attached hydrogens (tertiary/aromatic N) is 2. The number of sulfonamides is 1. The van der Waals surface area contributed by atoms with Gasteiger partial charge in [-0.15, -0.1) is 0 Å². The van der Waals surface area contributed by atoms with Crippen LogP contribution in [0, 0.1) is 11.7 Å². The Balaban J connectivity index is 1.60. The number of benzene rings is 3. The lowest BCUT2D eigenvalue weighted by Crippen LogP contribution is -2.48. The van der Waals surface area contributed by atoms with Gasteiger partial charge in [-0.2, -0.15) is 17.5 Å². The Labute approximate surface area is 300 Å². The van der Waals surface area contributed by atoms with Gasteiger partial charge in [-0.25, -0.2) is 17.6 Å². The molecule has 0 aromatic heterocycles. The first-order valence-electron chi connectivity index (χ1n) is 16.8. The Morgan fingerprint density at radius 2 is 1.65 bits per heavy atom. The van der Waals surface area contributed by atoms with E-state index in [9.17, 15) is 40.7 Å². The lowest BCUT2D eigenvalue weighted by molar-refractivity contribution is -0.137. The molecule has 0 aliphatic carbocycles. The number of carbonyl (C=O) groups is 2. The standard InChI is InChI=1S/C36H44F4N4O7S/c1-23-20-44(24(2)22-45)34(46)31-19-29(42-35(47)41-28-12-8-26(9-13-28)36(38,39)40)14-17-32(31)51-25(3)7-5-6-18-50-33(23)21-43(4)52(48,49)30-15-10-27(37)11-16-30/h8-17,19,23-25,33,45H,5-7,18,20-22H2,1-4H3,(H2,41,42,47)/t23-,24+,25-,33+/m1/s1. The van der Waals surface area contributed by atoms with E-state index in [-0.39, 0.29) is 46.8 Å². The molecule has 0 radical (unpaired) electrons. The minimum Gasteiger partial charge on any atom is -0.490 e. The van der Waals surface area contributed by atoms with Crippen LogP contribution in [-0.4, -0.2) is 86.3 Å². The fraction of sp³-hybridized carbons (Fsp3) is 0.444. The maximum atomic E-state index is 14.3. The number of fused-ring (bicyclic) bond motifs is 1. The van der Waals surface area contributed by atoms with Crippen molar-refractivity contribution in [2.45, 2.75) is 69.4 Å². The molecule has 11 nitrogen and oxygen atoms in total. The summed E-state index contributed by atoms with van der Waals surface area (Å²) in [7, 11) is -2.61. The van der Waals surface area contributed by atoms with E-state index in [4.69, 9.17) is 9.47 Å². The van der Waals surface area contributed by atoms with Crippen molar-refractivity contribution in [3.8, 4) is 5.75 Å². The summed E-state index contributed by atoms with van der Waals surface area (Å²) in [6.45, 7) is 5.18. The predicted octanol–water partition coefficient (Wildman–Crippen LogP) is 6.60. The van der Waals surface area contributed by atoms with Gasteiger partial charge in [0.25, 0.3) is 5.91 Å². The van der Waals surface area contributed by atoms with Gasteiger partial charge in [-0.1, -0.05) is 6.92 Å². The van der Waals surface area contributed by atoms with E-state index < -0.39 is 64.2 Å². The van der Waals surface area contributed by atoms with Crippen LogP contribution in [0.2, 0.25) is 0 Å². The third-order valence-corrected chi connectivity index (χ3v) is 10.6. The molecule has 16 heteroatoms. The normalized spacial score (nSPS) is 20.0. The van der Waals surface area contributed by atoms with Crippen LogP contribution in [0.4, 0.5) is 33.7 Å². The number of aliphatic hydroxyl groups is 1. The minimum absolute atomic E-state index is 0.0384. The Morgan fingerprint density at radius 3 is 2.29 bits per heavy atom. The van der Waals surface area contributed by atoms with E-state index in [0.717, 1.165) is 40.7 Å². The molecule has 0 fully saturated rings. The van der Waals surface area contributed by atoms with Crippen molar-refractivity contribution >= 4 is 33.3 Å². The van der Waals surface area contributed by atoms with Crippen molar-refractivity contribution in [2.75, 3.05) is 44.0 Å². The van der Waals surface area contributed by atoms with Crippen molar-refractivity contribution in [1.82, 2.24) is 9.21 Å². The molecule has 0 saturated carbocycles. The second-order valence-electron chi connectivity index (χ2n) is 12.9. The molecule has 0 bridgehead atoms. The first-order chi connectivity index (χ1) is 24.5. The largest absolute Gasteiger partial charge is 0.490 e. The third-order valence-electron chi connectivity index (χ3n) is 8.74. The van der Waals surface area contributed by atoms with Crippen molar-refractivity contribution < 1.29 is 50.1 Å². The monoisotopic (exact) mass is 752 g/mol. The quantitative estimate of drug-likeness (QED) is 0.221. The summed E-state index contributed by atoms with van der Waals surface area (Å²) in [5, 5.41) is 15.3. The number of ether oxygens (including phenoxy) is 2. The number of urea groups is 1. The van der Waals surface area contributed by atoms with Gasteiger partial charge in [0, 0.05) is 44.0 Å². The molecular weight excluding hydrogens is 708 g/mol. The first-order valence-corrected chi connectivity index (χ1v) is 18.2. The number of carbonyl (C=O) groups excluding carboxylic acids is 2. The van der Waals surface area contributed by atoms with E-state index in [0.29, 0.717) is 25.9 Å². The number of nitrogens with one attached hydrogen (secondary N) is 2. The smallest absolute Gasteiger partial charge is 0.416 e. The molecule has 0 saturated heterocycles. The highest BCUT2D eigenvalue weighted by Crippen LogP contribution is 2.31. The molecule has 0 spiro atoms. The van der Waals surface area contributed by atoms with Gasteiger partial charge in [0.05, 0.1) is 40.9 Å². The first kappa shape index (κ1) is 40.5. The van der Waals surface area contributed by atoms with E-state index in [1.165, 1.54) is 42.3 Å². The molecule has 3 aromatic rings. The number of halogens is 4. The molecule has 4 atom stereocenters. The lowest BCUT2D eigenvalue weighted by atomic mass is 10.0. The Morgan fingerprint density at radius 1 is 1.02 bits per heavy atom. The highest BCUT2D eigenvalue weighted by molar-refractivity contribution is 7.89. The highest BCUT2D eigenvalue weighted by Gasteiger charge is 2.33. The van der Waals surface area contributed by atoms with Crippen molar-refractivity contribution in [2.24, 2.45) is 5.92 Å². The summed E-state index contributed by atoms with van der Waals surface area (Å²) >= 11 is 0. The fourth-order valence-electron chi connectivity index (χ4n) is 5.64. The van der Waals surface area contributed by atoms with Crippen LogP contribution in [0.3, 0.4) is 0 Å². The number of likely N-dealkylation sites (N-methyl/N-ethyl adjacent to an activating group) is 1. The van der Waals surface area contributed by atoms with Gasteiger partial charge in [0.1, 0.15) is 11.6 Å². The maximum Gasteiger partial charge on any atom is 0.416 e. The van der Waals surface area contributed by atoms with Gasteiger partial charge in [-0.05, 0) is 99.8 Å². The van der Waals surface area contributed by atoms with Crippen LogP contribution >= 0.6 is 0 Å². The van der Waals surface area contributed by atoms with E-state index in [1.807, 2.05) is 13.8 Å². The zero-order valence-electron chi connectivity index (χ0n) is 29.3. The summed E-state index contributed by atoms with van der Waals surface area (Å²) < 4.78 is 92.6. The fourth-order valence-corrected chi connectivity index (χ4v) is 6.82. The van der Waals surface area contributed by atoms with Crippen LogP contribution in [-0.2, 0) is 20.9 Å². The van der Waals surface area contributed by atoms with Gasteiger partial charge in [-0.3, -0.25) is 4.79 Å². The van der Waals surface area contributed by atoms with Crippen LogP contribution in [0.5, 0.6) is 5.75 Å². The van der Waals surface area contributed by atoms with Gasteiger partial charge >= 0.3 is 12.2 Å². The Bertz CT molecular complexity index is 1780. The molecule has 4 rings (SSSR count). The Hall–Kier alpha value is -4.25. The number of rotatable bonds is 8. The molecule has 1 aliphatic heterocycles. The zero-order chi connectivity index (χ0) is 38.2. The summed E-state index contributed by atoms with van der Waals surface area (Å²) in [6.07, 6.45) is -3.60. The minimum atomic E-state index is -4.53. The second kappa shape index (κ2) is 17.5. The van der Waals surface area contributed by atoms with Crippen molar-refractivity contribution in [3.05, 3.63) is 83.7 Å².